The number of nitrogens with one attached hydrogen (secondary N) is 1. The average Bonchev–Trinajstić information content (AvgIpc) is 2.72. The molecular formula is C24H31ClN2O2. The number of amides is 1. The van der Waals surface area contributed by atoms with Gasteiger partial charge in [0.2, 0.25) is 0 Å². The van der Waals surface area contributed by atoms with Crippen LogP contribution in [-0.4, -0.2) is 25.1 Å². The standard InChI is InChI=1S/C24H31ClN2O2/c1-4-23(29-22-9-5-8-20(25)15-22)24(28)26-18(3)19-10-12-21(13-11-19)27-14-6-7-17(2)16-27/h5,8-13,15,17-18,23H,4,6-7,14,16H2,1-3H3,(H,26,28)/t17-,18-,23-/m0/s1. The maximum atomic E-state index is 12.7. The molecule has 1 heterocycles. The molecule has 0 spiro atoms. The summed E-state index contributed by atoms with van der Waals surface area (Å²) in [4.78, 5) is 15.2. The van der Waals surface area contributed by atoms with Gasteiger partial charge < -0.3 is 15.0 Å². The first-order valence-corrected chi connectivity index (χ1v) is 10.9. The second-order valence-electron chi connectivity index (χ2n) is 7.99. The summed E-state index contributed by atoms with van der Waals surface area (Å²) in [5.41, 5.74) is 2.35. The zero-order chi connectivity index (χ0) is 20.8. The van der Waals surface area contributed by atoms with Crippen molar-refractivity contribution in [1.29, 1.82) is 0 Å². The van der Waals surface area contributed by atoms with Crippen LogP contribution in [0.15, 0.2) is 48.5 Å². The van der Waals surface area contributed by atoms with Crippen molar-refractivity contribution in [3.63, 3.8) is 0 Å². The predicted octanol–water partition coefficient (Wildman–Crippen LogP) is 5.61. The smallest absolute Gasteiger partial charge is 0.261 e. The third kappa shape index (κ3) is 5.89. The second-order valence-corrected chi connectivity index (χ2v) is 8.42. The summed E-state index contributed by atoms with van der Waals surface area (Å²) in [5.74, 6) is 1.23. The molecule has 0 radical (unpaired) electrons. The highest BCUT2D eigenvalue weighted by Crippen LogP contribution is 2.25. The van der Waals surface area contributed by atoms with Gasteiger partial charge in [0.05, 0.1) is 6.04 Å². The summed E-state index contributed by atoms with van der Waals surface area (Å²) in [6.07, 6.45) is 2.59. The van der Waals surface area contributed by atoms with Crippen molar-refractivity contribution in [2.75, 3.05) is 18.0 Å². The van der Waals surface area contributed by atoms with Gasteiger partial charge >= 0.3 is 0 Å². The Labute approximate surface area is 179 Å². The second kappa shape index (κ2) is 10.0. The van der Waals surface area contributed by atoms with Gasteiger partial charge in [-0.3, -0.25) is 4.79 Å². The lowest BCUT2D eigenvalue weighted by Crippen LogP contribution is -2.39. The van der Waals surface area contributed by atoms with E-state index >= 15 is 0 Å². The van der Waals surface area contributed by atoms with Crippen molar-refractivity contribution in [3.05, 3.63) is 59.1 Å². The first-order valence-electron chi connectivity index (χ1n) is 10.5. The third-order valence-corrected chi connectivity index (χ3v) is 5.75. The molecule has 1 N–H and O–H groups in total. The van der Waals surface area contributed by atoms with Gasteiger partial charge in [0.15, 0.2) is 6.10 Å². The molecule has 1 saturated heterocycles. The number of nitrogens with zero attached hydrogens (tertiary/aromatic N) is 1. The molecule has 3 atom stereocenters. The van der Waals surface area contributed by atoms with E-state index in [1.807, 2.05) is 26.0 Å². The minimum Gasteiger partial charge on any atom is -0.481 e. The van der Waals surface area contributed by atoms with E-state index < -0.39 is 6.10 Å². The number of anilines is 1. The summed E-state index contributed by atoms with van der Waals surface area (Å²) in [5, 5.41) is 3.67. The van der Waals surface area contributed by atoms with E-state index in [0.717, 1.165) is 24.6 Å². The number of halogens is 1. The Kier molecular flexibility index (Phi) is 7.43. The van der Waals surface area contributed by atoms with Gasteiger partial charge in [0, 0.05) is 23.8 Å². The molecule has 0 aliphatic carbocycles. The normalized spacial score (nSPS) is 18.8. The quantitative estimate of drug-likeness (QED) is 0.640. The van der Waals surface area contributed by atoms with Crippen LogP contribution in [0, 0.1) is 5.92 Å². The molecule has 1 aliphatic rings. The van der Waals surface area contributed by atoms with Crippen molar-refractivity contribution in [2.45, 2.75) is 52.2 Å². The first-order chi connectivity index (χ1) is 14.0. The fraction of sp³-hybridized carbons (Fsp3) is 0.458. The van der Waals surface area contributed by atoms with Gasteiger partial charge in [0.25, 0.3) is 5.91 Å². The molecule has 29 heavy (non-hydrogen) atoms. The fourth-order valence-electron chi connectivity index (χ4n) is 3.81. The maximum absolute atomic E-state index is 12.7. The van der Waals surface area contributed by atoms with E-state index in [9.17, 15) is 4.79 Å². The van der Waals surface area contributed by atoms with Crippen LogP contribution in [0.3, 0.4) is 0 Å². The Balaban J connectivity index is 1.59. The molecule has 3 rings (SSSR count). The Hall–Kier alpha value is -2.20. The van der Waals surface area contributed by atoms with E-state index in [0.29, 0.717) is 17.2 Å². The number of rotatable bonds is 7. The number of carbonyl (C=O) groups excluding carboxylic acids is 1. The monoisotopic (exact) mass is 414 g/mol. The van der Waals surface area contributed by atoms with Gasteiger partial charge in [-0.15, -0.1) is 0 Å². The minimum absolute atomic E-state index is 0.0890. The number of piperidine rings is 1. The van der Waals surface area contributed by atoms with E-state index in [1.54, 1.807) is 12.1 Å². The van der Waals surface area contributed by atoms with Crippen LogP contribution in [0.25, 0.3) is 0 Å². The SMILES string of the molecule is CC[C@H](Oc1cccc(Cl)c1)C(=O)N[C@@H](C)c1ccc(N2CCC[C@H](C)C2)cc1. The van der Waals surface area contributed by atoms with E-state index in [4.69, 9.17) is 16.3 Å². The van der Waals surface area contributed by atoms with Crippen LogP contribution in [-0.2, 0) is 4.79 Å². The van der Waals surface area contributed by atoms with Crippen LogP contribution in [0.2, 0.25) is 5.02 Å². The van der Waals surface area contributed by atoms with Crippen molar-refractivity contribution >= 4 is 23.2 Å². The van der Waals surface area contributed by atoms with Crippen molar-refractivity contribution in [2.24, 2.45) is 5.92 Å². The Morgan fingerprint density at radius 2 is 2.03 bits per heavy atom. The third-order valence-electron chi connectivity index (χ3n) is 5.51. The molecule has 0 aromatic heterocycles. The largest absolute Gasteiger partial charge is 0.481 e. The number of hydrogen-bond donors (Lipinski definition) is 1. The summed E-state index contributed by atoms with van der Waals surface area (Å²) >= 11 is 6.01. The Morgan fingerprint density at radius 1 is 1.28 bits per heavy atom. The van der Waals surface area contributed by atoms with Crippen molar-refractivity contribution < 1.29 is 9.53 Å². The number of hydrogen-bond acceptors (Lipinski definition) is 3. The van der Waals surface area contributed by atoms with E-state index in [1.165, 1.54) is 18.5 Å². The molecule has 0 unspecified atom stereocenters. The van der Waals surface area contributed by atoms with E-state index in [2.05, 4.69) is 41.4 Å². The fourth-order valence-corrected chi connectivity index (χ4v) is 3.99. The lowest BCUT2D eigenvalue weighted by molar-refractivity contribution is -0.128. The lowest BCUT2D eigenvalue weighted by atomic mass is 9.99. The molecule has 2 aromatic carbocycles. The molecule has 4 nitrogen and oxygen atoms in total. The van der Waals surface area contributed by atoms with Gasteiger partial charge in [-0.1, -0.05) is 43.6 Å². The number of ether oxygens (including phenoxy) is 1. The molecule has 156 valence electrons. The number of benzene rings is 2. The Morgan fingerprint density at radius 3 is 2.69 bits per heavy atom. The van der Waals surface area contributed by atoms with Gasteiger partial charge in [0.1, 0.15) is 5.75 Å². The molecule has 1 amide bonds. The summed E-state index contributed by atoms with van der Waals surface area (Å²) in [6, 6.07) is 15.6. The summed E-state index contributed by atoms with van der Waals surface area (Å²) < 4.78 is 5.85. The van der Waals surface area contributed by atoms with Crippen LogP contribution in [0.5, 0.6) is 5.75 Å². The van der Waals surface area contributed by atoms with Crippen LogP contribution in [0.1, 0.15) is 51.6 Å². The van der Waals surface area contributed by atoms with Crippen LogP contribution in [0.4, 0.5) is 5.69 Å². The molecular weight excluding hydrogens is 384 g/mol. The van der Waals surface area contributed by atoms with Gasteiger partial charge in [-0.05, 0) is 68.0 Å². The molecule has 2 aromatic rings. The van der Waals surface area contributed by atoms with Crippen molar-refractivity contribution in [3.8, 4) is 5.75 Å². The number of carbonyl (C=O) groups is 1. The molecule has 5 heteroatoms. The van der Waals surface area contributed by atoms with E-state index in [-0.39, 0.29) is 11.9 Å². The molecule has 1 aliphatic heterocycles. The maximum Gasteiger partial charge on any atom is 0.261 e. The molecule has 0 bridgehead atoms. The molecule has 1 fully saturated rings. The van der Waals surface area contributed by atoms with Crippen LogP contribution >= 0.6 is 11.6 Å². The highest BCUT2D eigenvalue weighted by molar-refractivity contribution is 6.30. The summed E-state index contributed by atoms with van der Waals surface area (Å²) in [7, 11) is 0. The topological polar surface area (TPSA) is 41.6 Å². The first kappa shape index (κ1) is 21.5. The average molecular weight is 415 g/mol. The zero-order valence-electron chi connectivity index (χ0n) is 17.5. The van der Waals surface area contributed by atoms with Gasteiger partial charge in [-0.2, -0.15) is 0 Å². The van der Waals surface area contributed by atoms with Crippen molar-refractivity contribution in [1.82, 2.24) is 5.32 Å². The molecule has 0 saturated carbocycles. The Bertz CT molecular complexity index is 809. The van der Waals surface area contributed by atoms with Gasteiger partial charge in [-0.25, -0.2) is 0 Å². The van der Waals surface area contributed by atoms with Crippen LogP contribution < -0.4 is 15.0 Å². The summed E-state index contributed by atoms with van der Waals surface area (Å²) in [6.45, 7) is 8.49. The minimum atomic E-state index is -0.551. The zero-order valence-corrected chi connectivity index (χ0v) is 18.3. The highest BCUT2D eigenvalue weighted by Gasteiger charge is 2.21. The predicted molar refractivity (Wildman–Crippen MR) is 120 cm³/mol. The highest BCUT2D eigenvalue weighted by atomic mass is 35.5. The lowest BCUT2D eigenvalue weighted by Gasteiger charge is -2.33.